The van der Waals surface area contributed by atoms with Crippen LogP contribution in [0.4, 0.5) is 15.8 Å². The minimum Gasteiger partial charge on any atom is -0.483 e. The van der Waals surface area contributed by atoms with E-state index in [1.807, 2.05) is 6.07 Å². The number of amides is 2. The zero-order valence-corrected chi connectivity index (χ0v) is 18.4. The summed E-state index contributed by atoms with van der Waals surface area (Å²) in [5.74, 6) is -1.69. The molecule has 2 aromatic carbocycles. The minimum absolute atomic E-state index is 0.130. The number of carbonyl (C=O) groups excluding carboxylic acids is 3. The molecule has 1 aliphatic heterocycles. The third-order valence-corrected chi connectivity index (χ3v) is 5.43. The van der Waals surface area contributed by atoms with Gasteiger partial charge in [0.05, 0.1) is 11.4 Å². The molecule has 0 saturated heterocycles. The Morgan fingerprint density at radius 3 is 2.67 bits per heavy atom. The van der Waals surface area contributed by atoms with Crippen LogP contribution in [0.5, 0.6) is 5.75 Å². The van der Waals surface area contributed by atoms with Gasteiger partial charge in [-0.25, -0.2) is 4.39 Å². The van der Waals surface area contributed by atoms with Crippen molar-refractivity contribution in [2.45, 2.75) is 26.3 Å². The molecule has 2 heterocycles. The number of ether oxygens (including phenoxy) is 2. The van der Waals surface area contributed by atoms with Crippen molar-refractivity contribution in [1.29, 1.82) is 0 Å². The lowest BCUT2D eigenvalue weighted by Gasteiger charge is -2.46. The van der Waals surface area contributed by atoms with Crippen molar-refractivity contribution in [2.24, 2.45) is 0 Å². The number of nitrogens with zero attached hydrogens (tertiary/aromatic N) is 3. The number of esters is 1. The first-order valence-electron chi connectivity index (χ1n) is 10.2. The topological polar surface area (TPSA) is 89.0 Å². The molecular formula is C24H22FN3O5. The maximum atomic E-state index is 14.1. The number of aromatic nitrogens is 1. The highest BCUT2D eigenvalue weighted by Crippen LogP contribution is 2.41. The van der Waals surface area contributed by atoms with E-state index < -0.39 is 35.9 Å². The van der Waals surface area contributed by atoms with Gasteiger partial charge in [-0.2, -0.15) is 0 Å². The molecule has 33 heavy (non-hydrogen) atoms. The number of pyridine rings is 1. The van der Waals surface area contributed by atoms with E-state index in [9.17, 15) is 18.8 Å². The second-order valence-corrected chi connectivity index (χ2v) is 8.06. The summed E-state index contributed by atoms with van der Waals surface area (Å²) in [6, 6.07) is 11.0. The van der Waals surface area contributed by atoms with Crippen molar-refractivity contribution in [3.8, 4) is 5.75 Å². The molecule has 0 saturated carbocycles. The summed E-state index contributed by atoms with van der Waals surface area (Å²) in [6.07, 6.45) is 3.32. The fourth-order valence-corrected chi connectivity index (χ4v) is 3.89. The van der Waals surface area contributed by atoms with Gasteiger partial charge in [-0.3, -0.25) is 29.2 Å². The Kier molecular flexibility index (Phi) is 5.71. The monoisotopic (exact) mass is 451 g/mol. The number of anilines is 2. The molecule has 1 aliphatic rings. The molecule has 170 valence electrons. The largest absolute Gasteiger partial charge is 0.483 e. The van der Waals surface area contributed by atoms with Crippen LogP contribution in [0.1, 0.15) is 20.8 Å². The number of hydrogen-bond acceptors (Lipinski definition) is 6. The summed E-state index contributed by atoms with van der Waals surface area (Å²) < 4.78 is 24.9. The lowest BCUT2D eigenvalue weighted by molar-refractivity contribution is -0.142. The van der Waals surface area contributed by atoms with Gasteiger partial charge >= 0.3 is 5.97 Å². The van der Waals surface area contributed by atoms with Crippen molar-refractivity contribution in [1.82, 2.24) is 4.98 Å². The maximum absolute atomic E-state index is 14.1. The Bertz CT molecular complexity index is 1250. The number of rotatable bonds is 5. The molecule has 2 amide bonds. The Morgan fingerprint density at radius 2 is 1.91 bits per heavy atom. The molecule has 0 spiro atoms. The Hall–Kier alpha value is -4.01. The van der Waals surface area contributed by atoms with Crippen molar-refractivity contribution in [3.05, 3.63) is 60.7 Å². The van der Waals surface area contributed by atoms with Crippen molar-refractivity contribution in [3.63, 3.8) is 0 Å². The first-order valence-corrected chi connectivity index (χ1v) is 10.2. The second-order valence-electron chi connectivity index (χ2n) is 8.06. The van der Waals surface area contributed by atoms with Gasteiger partial charge in [-0.15, -0.1) is 0 Å². The minimum atomic E-state index is -1.34. The van der Waals surface area contributed by atoms with Gasteiger partial charge in [0.15, 0.2) is 13.3 Å². The van der Waals surface area contributed by atoms with Crippen LogP contribution in [-0.2, 0) is 19.1 Å². The Morgan fingerprint density at radius 1 is 1.12 bits per heavy atom. The quantitative estimate of drug-likeness (QED) is 0.552. The van der Waals surface area contributed by atoms with Crippen LogP contribution in [-0.4, -0.2) is 41.6 Å². The highest BCUT2D eigenvalue weighted by atomic mass is 19.1. The van der Waals surface area contributed by atoms with Crippen LogP contribution >= 0.6 is 0 Å². The van der Waals surface area contributed by atoms with Crippen molar-refractivity contribution < 1.29 is 28.2 Å². The molecule has 0 bridgehead atoms. The van der Waals surface area contributed by atoms with Crippen LogP contribution in [0.25, 0.3) is 10.8 Å². The molecular weight excluding hydrogens is 429 g/mol. The van der Waals surface area contributed by atoms with Gasteiger partial charge in [-0.1, -0.05) is 12.1 Å². The van der Waals surface area contributed by atoms with E-state index in [-0.39, 0.29) is 12.3 Å². The summed E-state index contributed by atoms with van der Waals surface area (Å²) >= 11 is 0. The number of halogens is 1. The van der Waals surface area contributed by atoms with Gasteiger partial charge in [-0.05, 0) is 44.2 Å². The SMILES string of the molecule is CC(=O)OCN1C(=O)C(C)(C)N(C(=O)COc2cccc3cnccc23)c2ccc(F)cc21. The molecule has 0 radical (unpaired) electrons. The van der Waals surface area contributed by atoms with Gasteiger partial charge in [0, 0.05) is 30.1 Å². The average molecular weight is 451 g/mol. The summed E-state index contributed by atoms with van der Waals surface area (Å²) in [5.41, 5.74) is -0.900. The lowest BCUT2D eigenvalue weighted by atomic mass is 9.94. The zero-order valence-electron chi connectivity index (χ0n) is 18.4. The third-order valence-electron chi connectivity index (χ3n) is 5.43. The second kappa shape index (κ2) is 8.50. The molecule has 0 atom stereocenters. The normalized spacial score (nSPS) is 14.7. The number of carbonyl (C=O) groups is 3. The highest BCUT2D eigenvalue weighted by molar-refractivity contribution is 6.15. The van der Waals surface area contributed by atoms with Crippen LogP contribution in [0, 0.1) is 5.82 Å². The standard InChI is InChI=1S/C24H22FN3O5/c1-15(29)33-14-27-20-11-17(25)7-8-19(20)28(24(2,3)23(27)31)22(30)13-32-21-6-4-5-16-12-26-10-9-18(16)21/h4-12H,13-14H2,1-3H3. The van der Waals surface area contributed by atoms with E-state index in [2.05, 4.69) is 4.98 Å². The molecule has 0 fully saturated rings. The fraction of sp³-hybridized carbons (Fsp3) is 0.250. The molecule has 8 nitrogen and oxygen atoms in total. The van der Waals surface area contributed by atoms with Crippen molar-refractivity contribution >= 4 is 39.9 Å². The average Bonchev–Trinajstić information content (AvgIpc) is 2.78. The van der Waals surface area contributed by atoms with Crippen LogP contribution in [0.15, 0.2) is 54.9 Å². The first-order chi connectivity index (χ1) is 15.7. The Balaban J connectivity index is 1.66. The Labute approximate surface area is 189 Å². The predicted octanol–water partition coefficient (Wildman–Crippen LogP) is 3.43. The molecule has 1 aromatic heterocycles. The predicted molar refractivity (Wildman–Crippen MR) is 119 cm³/mol. The fourth-order valence-electron chi connectivity index (χ4n) is 3.89. The van der Waals surface area contributed by atoms with Gasteiger partial charge in [0.25, 0.3) is 11.8 Å². The van der Waals surface area contributed by atoms with E-state index in [4.69, 9.17) is 9.47 Å². The molecule has 0 N–H and O–H groups in total. The molecule has 9 heteroatoms. The summed E-state index contributed by atoms with van der Waals surface area (Å²) in [7, 11) is 0. The molecule has 0 unspecified atom stereocenters. The third kappa shape index (κ3) is 4.09. The van der Waals surface area contributed by atoms with Gasteiger partial charge < -0.3 is 9.47 Å². The first kappa shape index (κ1) is 22.2. The van der Waals surface area contributed by atoms with E-state index >= 15 is 0 Å². The van der Waals surface area contributed by atoms with E-state index in [1.165, 1.54) is 24.0 Å². The zero-order chi connectivity index (χ0) is 23.8. The van der Waals surface area contributed by atoms with Crippen LogP contribution in [0.3, 0.4) is 0 Å². The van der Waals surface area contributed by atoms with Gasteiger partial charge in [0.1, 0.15) is 17.1 Å². The lowest BCUT2D eigenvalue weighted by Crippen LogP contribution is -2.63. The molecule has 3 aromatic rings. The van der Waals surface area contributed by atoms with E-state index in [0.29, 0.717) is 11.4 Å². The number of hydrogen-bond donors (Lipinski definition) is 0. The van der Waals surface area contributed by atoms with Crippen LogP contribution < -0.4 is 14.5 Å². The van der Waals surface area contributed by atoms with Gasteiger partial charge in [0.2, 0.25) is 0 Å². The smallest absolute Gasteiger partial charge is 0.304 e. The summed E-state index contributed by atoms with van der Waals surface area (Å²) in [6.45, 7) is 3.62. The molecule has 4 rings (SSSR count). The number of fused-ring (bicyclic) bond motifs is 2. The van der Waals surface area contributed by atoms with Crippen LogP contribution in [0.2, 0.25) is 0 Å². The maximum Gasteiger partial charge on any atom is 0.304 e. The highest BCUT2D eigenvalue weighted by Gasteiger charge is 2.47. The van der Waals surface area contributed by atoms with E-state index in [1.54, 1.807) is 44.4 Å². The summed E-state index contributed by atoms with van der Waals surface area (Å²) in [5, 5.41) is 1.65. The summed E-state index contributed by atoms with van der Waals surface area (Å²) in [4.78, 5) is 44.4. The number of benzene rings is 2. The van der Waals surface area contributed by atoms with E-state index in [0.717, 1.165) is 21.7 Å². The molecule has 0 aliphatic carbocycles. The van der Waals surface area contributed by atoms with Crippen molar-refractivity contribution in [2.75, 3.05) is 23.1 Å².